The second kappa shape index (κ2) is 8.75. The molecular weight excluding hydrogens is 343 g/mol. The van der Waals surface area contributed by atoms with E-state index < -0.39 is 15.6 Å². The van der Waals surface area contributed by atoms with E-state index >= 15 is 0 Å². The van der Waals surface area contributed by atoms with Gasteiger partial charge < -0.3 is 11.4 Å². The van der Waals surface area contributed by atoms with Gasteiger partial charge in [-0.25, -0.2) is 0 Å². The number of nitrogens with zero attached hydrogens (tertiary/aromatic N) is 2. The fraction of sp³-hybridized carbons (Fsp3) is 0.533. The minimum Gasteiger partial charge on any atom is -1.00 e. The minimum absolute atomic E-state index is 0. The van der Waals surface area contributed by atoms with Crippen molar-refractivity contribution in [3.8, 4) is 0 Å². The fourth-order valence-electron chi connectivity index (χ4n) is 2.59. The summed E-state index contributed by atoms with van der Waals surface area (Å²) in [5.74, 6) is -0.124. The number of carbonyl (C=O) groups is 1. The van der Waals surface area contributed by atoms with E-state index in [1.165, 1.54) is 24.3 Å². The summed E-state index contributed by atoms with van der Waals surface area (Å²) in [5.41, 5.74) is -1.55. The summed E-state index contributed by atoms with van der Waals surface area (Å²) in [6.45, 7) is 7.18. The summed E-state index contributed by atoms with van der Waals surface area (Å²) in [7, 11) is -4.57. The van der Waals surface area contributed by atoms with Crippen LogP contribution in [0.25, 0.3) is 0 Å². The Balaban J connectivity index is 0.00000288. The molecule has 1 aromatic carbocycles. The normalized spacial score (nSPS) is 17.5. The molecule has 2 rings (SSSR count). The van der Waals surface area contributed by atoms with Gasteiger partial charge in [-0.2, -0.15) is 8.42 Å². The van der Waals surface area contributed by atoms with E-state index in [1.54, 1.807) is 4.90 Å². The predicted octanol–water partition coefficient (Wildman–Crippen LogP) is -2.15. The van der Waals surface area contributed by atoms with Gasteiger partial charge in [0.05, 0.1) is 0 Å². The van der Waals surface area contributed by atoms with Gasteiger partial charge >= 0.3 is 29.6 Å². The molecule has 7 nitrogen and oxygen atoms in total. The van der Waals surface area contributed by atoms with Crippen molar-refractivity contribution in [2.45, 2.75) is 25.3 Å². The Morgan fingerprint density at radius 3 is 2.04 bits per heavy atom. The average molecular weight is 366 g/mol. The Kier molecular flexibility index (Phi) is 7.86. The number of amides is 1. The van der Waals surface area contributed by atoms with E-state index in [-0.39, 0.29) is 42.5 Å². The average Bonchev–Trinajstić information content (AvgIpc) is 2.53. The van der Waals surface area contributed by atoms with Crippen LogP contribution in [0.1, 0.15) is 36.6 Å². The van der Waals surface area contributed by atoms with Gasteiger partial charge in [0, 0.05) is 37.8 Å². The van der Waals surface area contributed by atoms with Gasteiger partial charge in [0.15, 0.2) is 0 Å². The summed E-state index contributed by atoms with van der Waals surface area (Å²) < 4.78 is 30.7. The Labute approximate surface area is 166 Å². The molecule has 24 heavy (non-hydrogen) atoms. The Morgan fingerprint density at radius 2 is 1.62 bits per heavy atom. The summed E-state index contributed by atoms with van der Waals surface area (Å²) in [6.07, 6.45) is 0. The first-order valence-corrected chi connectivity index (χ1v) is 8.98. The van der Waals surface area contributed by atoms with Gasteiger partial charge in [0.2, 0.25) is 5.44 Å². The minimum atomic E-state index is -4.57. The van der Waals surface area contributed by atoms with Crippen LogP contribution in [0.4, 0.5) is 0 Å². The second-order valence-electron chi connectivity index (χ2n) is 5.91. The molecule has 130 valence electrons. The molecule has 1 heterocycles. The Hall–Kier alpha value is -0.480. The molecule has 0 aromatic heterocycles. The van der Waals surface area contributed by atoms with Crippen LogP contribution in [0.15, 0.2) is 24.3 Å². The number of piperazine rings is 1. The maximum Gasteiger partial charge on any atom is 1.00 e. The Morgan fingerprint density at radius 1 is 1.12 bits per heavy atom. The van der Waals surface area contributed by atoms with E-state index in [0.29, 0.717) is 24.7 Å². The largest absolute Gasteiger partial charge is 1.00 e. The van der Waals surface area contributed by atoms with Crippen molar-refractivity contribution < 1.29 is 53.9 Å². The van der Waals surface area contributed by atoms with Gasteiger partial charge in [-0.15, -0.1) is 0 Å². The maximum atomic E-state index is 12.4. The number of hydrogen-bond donors (Lipinski definition) is 2. The molecule has 2 N–H and O–H groups in total. The number of benzene rings is 1. The van der Waals surface area contributed by atoms with E-state index in [9.17, 15) is 18.3 Å². The van der Waals surface area contributed by atoms with Gasteiger partial charge in [-0.3, -0.25) is 14.2 Å². The van der Waals surface area contributed by atoms with Crippen LogP contribution in [0.5, 0.6) is 0 Å². The van der Waals surface area contributed by atoms with Crippen molar-refractivity contribution in [2.24, 2.45) is 0 Å². The van der Waals surface area contributed by atoms with Crippen molar-refractivity contribution in [3.63, 3.8) is 0 Å². The van der Waals surface area contributed by atoms with Crippen LogP contribution in [-0.4, -0.2) is 66.0 Å². The summed E-state index contributed by atoms with van der Waals surface area (Å²) in [5, 5.41) is 9.48. The van der Waals surface area contributed by atoms with Crippen LogP contribution >= 0.6 is 0 Å². The zero-order chi connectivity index (χ0) is 17.2. The number of hydrogen-bond acceptors (Lipinski definition) is 5. The van der Waals surface area contributed by atoms with E-state index in [0.717, 1.165) is 13.1 Å². The molecule has 0 radical (unpaired) electrons. The number of aliphatic hydroxyl groups excluding tert-OH is 1. The van der Waals surface area contributed by atoms with Crippen LogP contribution in [0, 0.1) is 0 Å². The molecule has 1 fully saturated rings. The first-order valence-electron chi connectivity index (χ1n) is 7.48. The monoisotopic (exact) mass is 366 g/mol. The first-order chi connectivity index (χ1) is 10.7. The summed E-state index contributed by atoms with van der Waals surface area (Å²) in [4.78, 5) is 16.5. The third-order valence-electron chi connectivity index (χ3n) is 4.06. The standard InChI is InChI=1S/C15H22N2O5S.Na.H/c1-11(2)16-7-9-17(10-8-16)14(18)12-3-5-13(6-4-12)15(19)23(20,21)22;;/h3-6,11,15,19H,7-10H2,1-2H3,(H,20,21,22);;/q;+1;-1. The quantitative estimate of drug-likeness (QED) is 0.466. The maximum absolute atomic E-state index is 12.4. The second-order valence-corrected chi connectivity index (χ2v) is 7.39. The van der Waals surface area contributed by atoms with Crippen molar-refractivity contribution in [1.82, 2.24) is 9.80 Å². The molecule has 0 aliphatic carbocycles. The number of aliphatic hydroxyl groups is 1. The molecule has 1 aliphatic heterocycles. The van der Waals surface area contributed by atoms with Crippen molar-refractivity contribution in [2.75, 3.05) is 26.2 Å². The molecule has 1 unspecified atom stereocenters. The van der Waals surface area contributed by atoms with Gasteiger partial charge in [-0.05, 0) is 31.5 Å². The molecule has 0 bridgehead atoms. The SMILES string of the molecule is CC(C)N1CCN(C(=O)c2ccc(C(O)S(=O)(=O)O)cc2)CC1.[H-].[Na+]. The van der Waals surface area contributed by atoms with Gasteiger partial charge in [0.25, 0.3) is 16.0 Å². The smallest absolute Gasteiger partial charge is 1.00 e. The molecule has 1 atom stereocenters. The zero-order valence-corrected chi connectivity index (χ0v) is 17.0. The number of rotatable bonds is 4. The van der Waals surface area contributed by atoms with Crippen LogP contribution < -0.4 is 29.6 Å². The van der Waals surface area contributed by atoms with Crippen molar-refractivity contribution in [1.29, 1.82) is 0 Å². The molecule has 1 aromatic rings. The number of carbonyl (C=O) groups excluding carboxylic acids is 1. The topological polar surface area (TPSA) is 98.2 Å². The molecule has 0 spiro atoms. The van der Waals surface area contributed by atoms with Crippen molar-refractivity contribution in [3.05, 3.63) is 35.4 Å². The van der Waals surface area contributed by atoms with E-state index in [4.69, 9.17) is 4.55 Å². The van der Waals surface area contributed by atoms with Crippen LogP contribution in [-0.2, 0) is 10.1 Å². The summed E-state index contributed by atoms with van der Waals surface area (Å²) >= 11 is 0. The molecule has 0 saturated carbocycles. The van der Waals surface area contributed by atoms with Gasteiger partial charge in [-0.1, -0.05) is 12.1 Å². The summed E-state index contributed by atoms with van der Waals surface area (Å²) in [6, 6.07) is 6.03. The zero-order valence-electron chi connectivity index (χ0n) is 15.2. The van der Waals surface area contributed by atoms with Crippen molar-refractivity contribution >= 4 is 16.0 Å². The van der Waals surface area contributed by atoms with E-state index in [1.807, 2.05) is 0 Å². The predicted molar refractivity (Wildman–Crippen MR) is 86.7 cm³/mol. The third kappa shape index (κ3) is 5.26. The molecule has 1 amide bonds. The molecular formula is C15H23N2NaO5S. The Bertz CT molecular complexity index is 661. The van der Waals surface area contributed by atoms with Crippen LogP contribution in [0.3, 0.4) is 0 Å². The van der Waals surface area contributed by atoms with E-state index in [2.05, 4.69) is 18.7 Å². The molecule has 9 heteroatoms. The van der Waals surface area contributed by atoms with Crippen LogP contribution in [0.2, 0.25) is 0 Å². The molecule has 1 aliphatic rings. The molecule has 1 saturated heterocycles. The third-order valence-corrected chi connectivity index (χ3v) is 4.89. The van der Waals surface area contributed by atoms with Gasteiger partial charge in [0.1, 0.15) is 0 Å². The fourth-order valence-corrected chi connectivity index (χ4v) is 3.09. The first kappa shape index (κ1) is 21.6.